The van der Waals surface area contributed by atoms with Crippen LogP contribution >= 0.6 is 0 Å². The fraction of sp³-hybridized carbons (Fsp3) is 0.483. The van der Waals surface area contributed by atoms with E-state index in [1.807, 2.05) is 13.8 Å². The summed E-state index contributed by atoms with van der Waals surface area (Å²) in [5.41, 5.74) is 1.01. The molecule has 0 spiro atoms. The van der Waals surface area contributed by atoms with Crippen molar-refractivity contribution < 1.29 is 29.3 Å². The molecule has 0 heterocycles. The van der Waals surface area contributed by atoms with Crippen molar-refractivity contribution in [1.82, 2.24) is 15.5 Å². The lowest BCUT2D eigenvalue weighted by molar-refractivity contribution is -0.144. The second-order valence-electron chi connectivity index (χ2n) is 11.0. The first-order chi connectivity index (χ1) is 17.6. The van der Waals surface area contributed by atoms with Gasteiger partial charge in [-0.15, -0.1) is 0 Å². The number of alkyl carbamates (subject to hydrolysis) is 1. The summed E-state index contributed by atoms with van der Waals surface area (Å²) in [6.45, 7) is 14.1. The maximum atomic E-state index is 14.2. The minimum absolute atomic E-state index is 0.0775. The molecule has 9 heteroatoms. The minimum atomic E-state index is -1.07. The maximum Gasteiger partial charge on any atom is 0.408 e. The molecule has 2 aromatic rings. The first-order valence-corrected chi connectivity index (χ1v) is 12.8. The fourth-order valence-corrected chi connectivity index (χ4v) is 4.03. The number of phenols is 2. The molecule has 208 valence electrons. The zero-order valence-corrected chi connectivity index (χ0v) is 23.5. The highest BCUT2D eigenvalue weighted by Crippen LogP contribution is 2.29. The second-order valence-corrected chi connectivity index (χ2v) is 11.0. The van der Waals surface area contributed by atoms with Crippen LogP contribution < -0.4 is 10.6 Å². The van der Waals surface area contributed by atoms with Crippen molar-refractivity contribution in [2.24, 2.45) is 0 Å². The molecule has 0 aliphatic heterocycles. The van der Waals surface area contributed by atoms with E-state index in [2.05, 4.69) is 10.6 Å². The number of carbonyl (C=O) groups is 3. The highest BCUT2D eigenvalue weighted by Gasteiger charge is 2.38. The Morgan fingerprint density at radius 3 is 2.05 bits per heavy atom. The van der Waals surface area contributed by atoms with Crippen LogP contribution in [0.5, 0.6) is 11.5 Å². The number of hydrogen-bond acceptors (Lipinski definition) is 6. The van der Waals surface area contributed by atoms with E-state index in [-0.39, 0.29) is 29.9 Å². The average molecular weight is 528 g/mol. The molecule has 38 heavy (non-hydrogen) atoms. The van der Waals surface area contributed by atoms with Gasteiger partial charge in [0, 0.05) is 18.5 Å². The van der Waals surface area contributed by atoms with Crippen molar-refractivity contribution in [1.29, 1.82) is 0 Å². The largest absolute Gasteiger partial charge is 0.508 e. The van der Waals surface area contributed by atoms with Gasteiger partial charge in [-0.05, 0) is 96.3 Å². The van der Waals surface area contributed by atoms with Gasteiger partial charge < -0.3 is 30.5 Å². The van der Waals surface area contributed by atoms with Gasteiger partial charge in [-0.1, -0.05) is 18.2 Å². The number of nitrogens with zero attached hydrogens (tertiary/aromatic N) is 1. The quantitative estimate of drug-likeness (QED) is 0.384. The molecule has 0 saturated carbocycles. The second kappa shape index (κ2) is 12.7. The third-order valence-electron chi connectivity index (χ3n) is 5.67. The van der Waals surface area contributed by atoms with E-state index >= 15 is 0 Å². The number of aryl methyl sites for hydroxylation is 1. The predicted octanol–water partition coefficient (Wildman–Crippen LogP) is 4.34. The molecule has 0 radical (unpaired) electrons. The monoisotopic (exact) mass is 527 g/mol. The van der Waals surface area contributed by atoms with Crippen LogP contribution in [0.2, 0.25) is 0 Å². The number of phenolic OH excluding ortho intramolecular Hbond substituents is 2. The molecule has 2 atom stereocenters. The number of carbonyl (C=O) groups excluding carboxylic acids is 3. The van der Waals surface area contributed by atoms with Crippen LogP contribution in [0.15, 0.2) is 42.5 Å². The molecule has 0 fully saturated rings. The Labute approximate surface area is 225 Å². The van der Waals surface area contributed by atoms with Gasteiger partial charge in [-0.2, -0.15) is 0 Å². The molecular weight excluding hydrogens is 486 g/mol. The normalized spacial score (nSPS) is 13.1. The number of aromatic hydroxyl groups is 2. The molecule has 0 bridgehead atoms. The molecule has 2 aromatic carbocycles. The van der Waals surface area contributed by atoms with Crippen LogP contribution in [0, 0.1) is 6.92 Å². The molecule has 0 aliphatic rings. The summed E-state index contributed by atoms with van der Waals surface area (Å²) in [7, 11) is 0. The minimum Gasteiger partial charge on any atom is -0.508 e. The van der Waals surface area contributed by atoms with Crippen molar-refractivity contribution in [2.45, 2.75) is 91.6 Å². The Balaban J connectivity index is 2.57. The van der Waals surface area contributed by atoms with Crippen LogP contribution in [-0.4, -0.2) is 56.7 Å². The van der Waals surface area contributed by atoms with E-state index in [1.54, 1.807) is 65.8 Å². The number of nitrogens with one attached hydrogen (secondary N) is 2. The molecule has 0 aromatic heterocycles. The topological polar surface area (TPSA) is 128 Å². The molecule has 2 rings (SSSR count). The summed E-state index contributed by atoms with van der Waals surface area (Å²) < 4.78 is 5.42. The summed E-state index contributed by atoms with van der Waals surface area (Å²) in [6, 6.07) is 8.43. The van der Waals surface area contributed by atoms with Crippen molar-refractivity contribution >= 4 is 17.9 Å². The van der Waals surface area contributed by atoms with Gasteiger partial charge in [0.2, 0.25) is 11.8 Å². The van der Waals surface area contributed by atoms with E-state index in [0.717, 1.165) is 0 Å². The SMILES string of the molecule is Cc1cc(C(C(=O)NC(C)C)N(C(=O)C(Cc2ccc(O)cc2)NC(=O)OC(C)(C)C)C(C)C)ccc1O. The number of ether oxygens (including phenoxy) is 1. The number of rotatable bonds is 9. The van der Waals surface area contributed by atoms with Crippen molar-refractivity contribution in [3.05, 3.63) is 59.2 Å². The van der Waals surface area contributed by atoms with E-state index in [4.69, 9.17) is 4.74 Å². The first-order valence-electron chi connectivity index (χ1n) is 12.8. The van der Waals surface area contributed by atoms with Gasteiger partial charge >= 0.3 is 6.09 Å². The lowest BCUT2D eigenvalue weighted by atomic mass is 9.97. The standard InChI is InChI=1S/C29H41N3O6/c1-17(2)30-26(35)25(21-11-14-24(34)19(5)15-21)32(18(3)4)27(36)23(31-28(37)38-29(6,7)8)16-20-9-12-22(33)13-10-20/h9-15,17-18,23,25,33-34H,16H2,1-8H3,(H,30,35)(H,31,37). The molecule has 2 unspecified atom stereocenters. The van der Waals surface area contributed by atoms with Crippen LogP contribution in [0.3, 0.4) is 0 Å². The van der Waals surface area contributed by atoms with E-state index in [1.165, 1.54) is 23.1 Å². The van der Waals surface area contributed by atoms with Crippen molar-refractivity contribution in [3.63, 3.8) is 0 Å². The summed E-state index contributed by atoms with van der Waals surface area (Å²) >= 11 is 0. The molecule has 4 N–H and O–H groups in total. The van der Waals surface area contributed by atoms with Crippen LogP contribution in [-0.2, 0) is 20.7 Å². The van der Waals surface area contributed by atoms with Crippen LogP contribution in [0.4, 0.5) is 4.79 Å². The zero-order valence-electron chi connectivity index (χ0n) is 23.5. The molecule has 9 nitrogen and oxygen atoms in total. The van der Waals surface area contributed by atoms with Crippen LogP contribution in [0.25, 0.3) is 0 Å². The van der Waals surface area contributed by atoms with E-state index in [9.17, 15) is 24.6 Å². The smallest absolute Gasteiger partial charge is 0.408 e. The molecular formula is C29H41N3O6. The Morgan fingerprint density at radius 1 is 0.947 bits per heavy atom. The summed E-state index contributed by atoms with van der Waals surface area (Å²) in [5, 5.41) is 25.3. The van der Waals surface area contributed by atoms with Gasteiger partial charge in [0.05, 0.1) is 0 Å². The van der Waals surface area contributed by atoms with Crippen molar-refractivity contribution in [2.75, 3.05) is 0 Å². The van der Waals surface area contributed by atoms with Gasteiger partial charge in [0.25, 0.3) is 0 Å². The Kier molecular flexibility index (Phi) is 10.2. The maximum absolute atomic E-state index is 14.2. The van der Waals surface area contributed by atoms with Crippen LogP contribution in [0.1, 0.15) is 71.2 Å². The lowest BCUT2D eigenvalue weighted by Crippen LogP contribution is -2.56. The predicted molar refractivity (Wildman–Crippen MR) is 146 cm³/mol. The fourth-order valence-electron chi connectivity index (χ4n) is 4.03. The number of amides is 3. The highest BCUT2D eigenvalue weighted by molar-refractivity contribution is 5.92. The van der Waals surface area contributed by atoms with Gasteiger partial charge in [0.15, 0.2) is 0 Å². The van der Waals surface area contributed by atoms with Gasteiger partial charge in [-0.3, -0.25) is 9.59 Å². The summed E-state index contributed by atoms with van der Waals surface area (Å²) in [6.07, 6.45) is -0.656. The third-order valence-corrected chi connectivity index (χ3v) is 5.67. The van der Waals surface area contributed by atoms with Crippen molar-refractivity contribution in [3.8, 4) is 11.5 Å². The molecule has 3 amide bonds. The Hall–Kier alpha value is -3.75. The van der Waals surface area contributed by atoms with E-state index in [0.29, 0.717) is 16.7 Å². The zero-order chi connectivity index (χ0) is 28.8. The third kappa shape index (κ3) is 8.68. The van der Waals surface area contributed by atoms with E-state index < -0.39 is 35.7 Å². The lowest BCUT2D eigenvalue weighted by Gasteiger charge is -2.37. The van der Waals surface area contributed by atoms with Gasteiger partial charge in [-0.25, -0.2) is 4.79 Å². The molecule has 0 saturated heterocycles. The number of hydrogen-bond donors (Lipinski definition) is 4. The number of benzene rings is 2. The summed E-state index contributed by atoms with van der Waals surface area (Å²) in [5.74, 6) is -0.703. The molecule has 0 aliphatic carbocycles. The van der Waals surface area contributed by atoms with Gasteiger partial charge in [0.1, 0.15) is 29.2 Å². The Morgan fingerprint density at radius 2 is 1.55 bits per heavy atom. The average Bonchev–Trinajstić information content (AvgIpc) is 2.78. The highest BCUT2D eigenvalue weighted by atomic mass is 16.6. The first kappa shape index (κ1) is 30.5. The Bertz CT molecular complexity index is 1120. The summed E-state index contributed by atoms with van der Waals surface area (Å²) in [4.78, 5) is 41.9.